The molecular formula is C20H14BrN3. The van der Waals surface area contributed by atoms with Crippen LogP contribution in [0.3, 0.4) is 0 Å². The fraction of sp³-hybridized carbons (Fsp3) is 0.0500. The van der Waals surface area contributed by atoms with Gasteiger partial charge in [0.25, 0.3) is 0 Å². The highest BCUT2D eigenvalue weighted by Gasteiger charge is 2.14. The van der Waals surface area contributed by atoms with Crippen molar-refractivity contribution in [3.05, 3.63) is 71.5 Å². The molecule has 3 nitrogen and oxygen atoms in total. The Kier molecular flexibility index (Phi) is 2.85. The molecule has 116 valence electrons. The Morgan fingerprint density at radius 3 is 2.54 bits per heavy atom. The minimum Gasteiger partial charge on any atom is -0.341 e. The minimum atomic E-state index is 0.990. The summed E-state index contributed by atoms with van der Waals surface area (Å²) in [6, 6.07) is 19.0. The second kappa shape index (κ2) is 4.95. The Balaban J connectivity index is 1.88. The molecule has 0 radical (unpaired) electrons. The highest BCUT2D eigenvalue weighted by molar-refractivity contribution is 9.10. The van der Waals surface area contributed by atoms with Gasteiger partial charge in [0.2, 0.25) is 0 Å². The van der Waals surface area contributed by atoms with Crippen LogP contribution in [0, 0.1) is 0 Å². The molecule has 0 bridgehead atoms. The molecule has 3 aromatic heterocycles. The molecule has 0 saturated heterocycles. The molecule has 5 aromatic rings. The third-order valence-electron chi connectivity index (χ3n) is 4.69. The van der Waals surface area contributed by atoms with Crippen LogP contribution in [0.2, 0.25) is 0 Å². The number of para-hydroxylation sites is 1. The van der Waals surface area contributed by atoms with Gasteiger partial charge in [0.1, 0.15) is 0 Å². The van der Waals surface area contributed by atoms with E-state index in [-0.39, 0.29) is 0 Å². The van der Waals surface area contributed by atoms with Crippen molar-refractivity contribution in [1.82, 2.24) is 14.0 Å². The number of fused-ring (bicyclic) bond motifs is 5. The smallest absolute Gasteiger partial charge is 0.161 e. The minimum absolute atomic E-state index is 0.990. The first-order valence-corrected chi connectivity index (χ1v) is 8.62. The monoisotopic (exact) mass is 375 g/mol. The molecule has 3 heterocycles. The van der Waals surface area contributed by atoms with E-state index in [2.05, 4.69) is 92.7 Å². The molecule has 0 amide bonds. The second-order valence-corrected chi connectivity index (χ2v) is 6.91. The lowest BCUT2D eigenvalue weighted by Crippen LogP contribution is -1.92. The molecule has 0 spiro atoms. The van der Waals surface area contributed by atoms with Gasteiger partial charge in [-0.2, -0.15) is 0 Å². The summed E-state index contributed by atoms with van der Waals surface area (Å²) in [7, 11) is 2.11. The Hall–Kier alpha value is -2.59. The molecule has 0 saturated carbocycles. The number of imidazole rings is 1. The van der Waals surface area contributed by atoms with Crippen LogP contribution >= 0.6 is 15.9 Å². The zero-order chi connectivity index (χ0) is 16.3. The molecule has 0 unspecified atom stereocenters. The van der Waals surface area contributed by atoms with Gasteiger partial charge in [0.05, 0.1) is 17.4 Å². The van der Waals surface area contributed by atoms with E-state index in [1.807, 2.05) is 6.20 Å². The van der Waals surface area contributed by atoms with Crippen molar-refractivity contribution in [2.45, 2.75) is 0 Å². The van der Waals surface area contributed by atoms with Gasteiger partial charge in [-0.05, 0) is 24.3 Å². The summed E-state index contributed by atoms with van der Waals surface area (Å²) in [5.74, 6) is 0. The Labute approximate surface area is 147 Å². The van der Waals surface area contributed by atoms with Crippen molar-refractivity contribution >= 4 is 43.4 Å². The average molecular weight is 376 g/mol. The first-order valence-electron chi connectivity index (χ1n) is 7.83. The average Bonchev–Trinajstić information content (AvgIpc) is 3.16. The van der Waals surface area contributed by atoms with E-state index in [9.17, 15) is 0 Å². The number of rotatable bonds is 1. The van der Waals surface area contributed by atoms with Crippen LogP contribution in [-0.2, 0) is 7.05 Å². The largest absolute Gasteiger partial charge is 0.341 e. The van der Waals surface area contributed by atoms with E-state index in [1.165, 1.54) is 21.8 Å². The predicted molar refractivity (Wildman–Crippen MR) is 102 cm³/mol. The van der Waals surface area contributed by atoms with Crippen LogP contribution in [0.25, 0.3) is 38.7 Å². The summed E-state index contributed by atoms with van der Waals surface area (Å²) in [6.07, 6.45) is 4.07. The van der Waals surface area contributed by atoms with E-state index < -0.39 is 0 Å². The quantitative estimate of drug-likeness (QED) is 0.384. The standard InChI is InChI=1S/C20H14BrN3/c1-23-17-5-3-2-4-15(17)16-10-11-24-18(12-22-20(24)19(16)23)13-6-8-14(21)9-7-13/h2-12H,1H3. The Morgan fingerprint density at radius 2 is 1.71 bits per heavy atom. The molecule has 0 aliphatic rings. The van der Waals surface area contributed by atoms with Gasteiger partial charge >= 0.3 is 0 Å². The van der Waals surface area contributed by atoms with Gasteiger partial charge in [0.15, 0.2) is 5.65 Å². The summed E-state index contributed by atoms with van der Waals surface area (Å²) in [6.45, 7) is 0. The van der Waals surface area contributed by atoms with Crippen LogP contribution in [0.5, 0.6) is 0 Å². The number of hydrogen-bond donors (Lipinski definition) is 0. The van der Waals surface area contributed by atoms with Gasteiger partial charge in [-0.1, -0.05) is 46.3 Å². The van der Waals surface area contributed by atoms with Crippen molar-refractivity contribution in [1.29, 1.82) is 0 Å². The number of halogens is 1. The molecule has 0 atom stereocenters. The number of hydrogen-bond acceptors (Lipinski definition) is 1. The fourth-order valence-corrected chi connectivity index (χ4v) is 3.80. The maximum absolute atomic E-state index is 4.73. The lowest BCUT2D eigenvalue weighted by Gasteiger charge is -2.04. The van der Waals surface area contributed by atoms with Crippen LogP contribution in [0.4, 0.5) is 0 Å². The number of aromatic nitrogens is 3. The van der Waals surface area contributed by atoms with E-state index >= 15 is 0 Å². The summed E-state index contributed by atoms with van der Waals surface area (Å²) >= 11 is 3.49. The molecular weight excluding hydrogens is 362 g/mol. The van der Waals surface area contributed by atoms with Gasteiger partial charge < -0.3 is 4.57 Å². The third-order valence-corrected chi connectivity index (χ3v) is 5.21. The van der Waals surface area contributed by atoms with Gasteiger partial charge in [-0.15, -0.1) is 0 Å². The molecule has 0 N–H and O–H groups in total. The van der Waals surface area contributed by atoms with Crippen molar-refractivity contribution in [3.63, 3.8) is 0 Å². The lowest BCUT2D eigenvalue weighted by atomic mass is 10.1. The lowest BCUT2D eigenvalue weighted by molar-refractivity contribution is 1.01. The highest BCUT2D eigenvalue weighted by Crippen LogP contribution is 2.32. The van der Waals surface area contributed by atoms with Crippen molar-refractivity contribution in [2.75, 3.05) is 0 Å². The molecule has 0 fully saturated rings. The summed E-state index contributed by atoms with van der Waals surface area (Å²) in [5, 5.41) is 2.51. The number of pyridine rings is 1. The normalized spacial score (nSPS) is 11.8. The van der Waals surface area contributed by atoms with Crippen LogP contribution in [-0.4, -0.2) is 14.0 Å². The maximum atomic E-state index is 4.73. The summed E-state index contributed by atoms with van der Waals surface area (Å²) < 4.78 is 5.49. The fourth-order valence-electron chi connectivity index (χ4n) is 3.53. The molecule has 0 aliphatic carbocycles. The Bertz CT molecular complexity index is 1210. The van der Waals surface area contributed by atoms with Gasteiger partial charge in [-0.25, -0.2) is 4.98 Å². The number of aryl methyl sites for hydroxylation is 1. The molecule has 2 aromatic carbocycles. The van der Waals surface area contributed by atoms with E-state index in [0.717, 1.165) is 21.4 Å². The van der Waals surface area contributed by atoms with Crippen LogP contribution in [0.1, 0.15) is 0 Å². The van der Waals surface area contributed by atoms with Crippen molar-refractivity contribution in [3.8, 4) is 11.3 Å². The van der Waals surface area contributed by atoms with Gasteiger partial charge in [0, 0.05) is 39.6 Å². The molecule has 0 aliphatic heterocycles. The van der Waals surface area contributed by atoms with Crippen molar-refractivity contribution < 1.29 is 0 Å². The second-order valence-electron chi connectivity index (χ2n) is 6.00. The van der Waals surface area contributed by atoms with E-state index in [4.69, 9.17) is 4.98 Å². The number of benzene rings is 2. The molecule has 24 heavy (non-hydrogen) atoms. The van der Waals surface area contributed by atoms with Crippen molar-refractivity contribution in [2.24, 2.45) is 7.05 Å². The zero-order valence-electron chi connectivity index (χ0n) is 13.1. The topological polar surface area (TPSA) is 22.2 Å². The highest BCUT2D eigenvalue weighted by atomic mass is 79.9. The predicted octanol–water partition coefficient (Wildman–Crippen LogP) is 5.41. The van der Waals surface area contributed by atoms with Gasteiger partial charge in [-0.3, -0.25) is 4.40 Å². The SMILES string of the molecule is Cn1c2ccccc2c2ccn3c(-c4ccc(Br)cc4)cnc3c21. The van der Waals surface area contributed by atoms with E-state index in [0.29, 0.717) is 0 Å². The maximum Gasteiger partial charge on any atom is 0.161 e. The first-order chi connectivity index (χ1) is 11.7. The number of nitrogens with zero attached hydrogens (tertiary/aromatic N) is 3. The van der Waals surface area contributed by atoms with Crippen LogP contribution in [0.15, 0.2) is 71.5 Å². The van der Waals surface area contributed by atoms with E-state index in [1.54, 1.807) is 0 Å². The third kappa shape index (κ3) is 1.80. The zero-order valence-corrected chi connectivity index (χ0v) is 14.7. The van der Waals surface area contributed by atoms with Crippen LogP contribution < -0.4 is 0 Å². The first kappa shape index (κ1) is 13.8. The summed E-state index contributed by atoms with van der Waals surface area (Å²) in [4.78, 5) is 4.73. The molecule has 4 heteroatoms. The summed E-state index contributed by atoms with van der Waals surface area (Å²) in [5.41, 5.74) is 5.65. The molecule has 5 rings (SSSR count). The Morgan fingerprint density at radius 1 is 0.917 bits per heavy atom.